The summed E-state index contributed by atoms with van der Waals surface area (Å²) in [7, 11) is 1.86. The summed E-state index contributed by atoms with van der Waals surface area (Å²) in [5, 5.41) is 17.6. The highest BCUT2D eigenvalue weighted by Crippen LogP contribution is 2.44. The average Bonchev–Trinajstić information content (AvgIpc) is 3.63. The van der Waals surface area contributed by atoms with Crippen molar-refractivity contribution in [2.24, 2.45) is 7.05 Å². The lowest BCUT2D eigenvalue weighted by atomic mass is 9.98. The fourth-order valence-corrected chi connectivity index (χ4v) is 5.38. The van der Waals surface area contributed by atoms with Gasteiger partial charge < -0.3 is 20.1 Å². The molecule has 8 nitrogen and oxygen atoms in total. The third-order valence-corrected chi connectivity index (χ3v) is 7.17. The van der Waals surface area contributed by atoms with Crippen molar-refractivity contribution in [3.05, 3.63) is 102 Å². The van der Waals surface area contributed by atoms with Gasteiger partial charge in [-0.3, -0.25) is 4.68 Å². The maximum absolute atomic E-state index is 12.8. The summed E-state index contributed by atoms with van der Waals surface area (Å²) < 4.78 is 7.31. The molecule has 2 aromatic heterocycles. The van der Waals surface area contributed by atoms with E-state index >= 15 is 0 Å². The van der Waals surface area contributed by atoms with Crippen LogP contribution in [-0.2, 0) is 23.0 Å². The van der Waals surface area contributed by atoms with E-state index in [0.717, 1.165) is 49.8 Å². The average molecular weight is 507 g/mol. The zero-order valence-electron chi connectivity index (χ0n) is 20.7. The largest absolute Gasteiger partial charge is 0.480 e. The fraction of sp³-hybridized carbons (Fsp3) is 0.167. The Bertz CT molecular complexity index is 1620. The molecule has 8 heteroatoms. The Balaban J connectivity index is 1.17. The summed E-state index contributed by atoms with van der Waals surface area (Å²) in [5.41, 5.74) is 8.06. The number of amides is 1. The maximum atomic E-state index is 12.8. The van der Waals surface area contributed by atoms with Gasteiger partial charge in [-0.15, -0.1) is 0 Å². The molecule has 1 amide bonds. The highest BCUT2D eigenvalue weighted by molar-refractivity contribution is 5.96. The Morgan fingerprint density at radius 1 is 1.03 bits per heavy atom. The van der Waals surface area contributed by atoms with E-state index in [4.69, 9.17) is 4.74 Å². The summed E-state index contributed by atoms with van der Waals surface area (Å²) in [5.74, 6) is -1.23. The van der Waals surface area contributed by atoms with Gasteiger partial charge in [-0.2, -0.15) is 5.10 Å². The van der Waals surface area contributed by atoms with Crippen LogP contribution in [0.2, 0.25) is 0 Å². The molecule has 2 heterocycles. The van der Waals surface area contributed by atoms with Crippen LogP contribution in [0.4, 0.5) is 4.79 Å². The van der Waals surface area contributed by atoms with Crippen molar-refractivity contribution >= 4 is 23.0 Å². The predicted octanol–water partition coefficient (Wildman–Crippen LogP) is 5.10. The van der Waals surface area contributed by atoms with Gasteiger partial charge in [0.05, 0.1) is 11.7 Å². The monoisotopic (exact) mass is 506 g/mol. The van der Waals surface area contributed by atoms with Crippen LogP contribution in [0, 0.1) is 0 Å². The Morgan fingerprint density at radius 3 is 2.37 bits per heavy atom. The zero-order valence-corrected chi connectivity index (χ0v) is 20.7. The lowest BCUT2D eigenvalue weighted by molar-refractivity contribution is -0.139. The molecule has 3 aromatic carbocycles. The van der Waals surface area contributed by atoms with Crippen LogP contribution in [0.15, 0.2) is 85.3 Å². The highest BCUT2D eigenvalue weighted by atomic mass is 16.5. The number of carbonyl (C=O) groups is 2. The third-order valence-electron chi connectivity index (χ3n) is 7.17. The molecule has 0 aliphatic heterocycles. The van der Waals surface area contributed by atoms with Gasteiger partial charge in [0.25, 0.3) is 0 Å². The topological polar surface area (TPSA) is 109 Å². The molecule has 1 aliphatic carbocycles. The van der Waals surface area contributed by atoms with Crippen molar-refractivity contribution in [2.75, 3.05) is 6.61 Å². The number of alkyl carbamates (subject to hydrolysis) is 1. The number of nitrogens with one attached hydrogen (secondary N) is 2. The van der Waals surface area contributed by atoms with Gasteiger partial charge in [0.1, 0.15) is 12.6 Å². The summed E-state index contributed by atoms with van der Waals surface area (Å²) in [6.45, 7) is 0.119. The number of carboxylic acid groups (broad SMARTS) is 1. The van der Waals surface area contributed by atoms with E-state index in [1.54, 1.807) is 17.1 Å². The van der Waals surface area contributed by atoms with Crippen molar-refractivity contribution in [2.45, 2.75) is 18.4 Å². The van der Waals surface area contributed by atoms with Crippen molar-refractivity contribution in [1.82, 2.24) is 20.1 Å². The van der Waals surface area contributed by atoms with Crippen molar-refractivity contribution in [1.29, 1.82) is 0 Å². The van der Waals surface area contributed by atoms with Crippen LogP contribution in [0.1, 0.15) is 22.6 Å². The van der Waals surface area contributed by atoms with Gasteiger partial charge in [0, 0.05) is 48.3 Å². The number of ether oxygens (including phenoxy) is 1. The van der Waals surface area contributed by atoms with E-state index in [-0.39, 0.29) is 18.9 Å². The quantitative estimate of drug-likeness (QED) is 0.284. The van der Waals surface area contributed by atoms with Crippen LogP contribution >= 0.6 is 0 Å². The van der Waals surface area contributed by atoms with Gasteiger partial charge in [0.2, 0.25) is 0 Å². The SMILES string of the molecule is Cn1cc(-c2cccc3c(C[C@H](NC(=O)OCC4c5ccccc5-c5ccccc54)C(=O)O)c[nH]c23)cn1. The van der Waals surface area contributed by atoms with Crippen molar-refractivity contribution in [3.8, 4) is 22.3 Å². The number of carbonyl (C=O) groups excluding carboxylic acids is 1. The zero-order chi connectivity index (χ0) is 26.2. The number of fused-ring (bicyclic) bond motifs is 4. The number of para-hydroxylation sites is 1. The molecule has 1 atom stereocenters. The molecule has 0 fully saturated rings. The summed E-state index contributed by atoms with van der Waals surface area (Å²) in [6.07, 6.45) is 4.85. The number of benzene rings is 3. The molecule has 0 saturated carbocycles. The summed E-state index contributed by atoms with van der Waals surface area (Å²) in [6, 6.07) is 20.8. The minimum Gasteiger partial charge on any atom is -0.480 e. The van der Waals surface area contributed by atoms with Gasteiger partial charge in [0.15, 0.2) is 0 Å². The van der Waals surface area contributed by atoms with Crippen LogP contribution in [-0.4, -0.2) is 44.6 Å². The van der Waals surface area contributed by atoms with Gasteiger partial charge in [-0.25, -0.2) is 9.59 Å². The standard InChI is InChI=1S/C30H26N4O4/c1-34-16-19(15-32-34)21-12-6-11-20-18(14-31-28(20)21)13-27(29(35)36)33-30(37)38-17-26-24-9-4-2-7-22(24)23-8-3-5-10-25(23)26/h2-12,14-16,26-27,31H,13,17H2,1H3,(H,33,37)(H,35,36)/t27-/m0/s1. The Hall–Kier alpha value is -4.85. The number of hydrogen-bond donors (Lipinski definition) is 3. The second kappa shape index (κ2) is 9.55. The van der Waals surface area contributed by atoms with E-state index in [0.29, 0.717) is 0 Å². The second-order valence-electron chi connectivity index (χ2n) is 9.51. The first-order valence-corrected chi connectivity index (χ1v) is 12.4. The van der Waals surface area contributed by atoms with E-state index in [1.807, 2.05) is 67.8 Å². The van der Waals surface area contributed by atoms with Gasteiger partial charge in [-0.1, -0.05) is 66.7 Å². The first-order valence-electron chi connectivity index (χ1n) is 12.4. The Labute approximate surface area is 218 Å². The molecule has 190 valence electrons. The molecule has 3 N–H and O–H groups in total. The molecule has 6 rings (SSSR count). The number of aromatic nitrogens is 3. The van der Waals surface area contributed by atoms with Gasteiger partial charge >= 0.3 is 12.1 Å². The molecule has 0 unspecified atom stereocenters. The maximum Gasteiger partial charge on any atom is 0.407 e. The lowest BCUT2D eigenvalue weighted by Gasteiger charge is -2.17. The Morgan fingerprint density at radius 2 is 1.71 bits per heavy atom. The molecule has 0 bridgehead atoms. The fourth-order valence-electron chi connectivity index (χ4n) is 5.38. The molecule has 1 aliphatic rings. The summed E-state index contributed by atoms with van der Waals surface area (Å²) in [4.78, 5) is 28.1. The van der Waals surface area contributed by atoms with E-state index in [2.05, 4.69) is 27.5 Å². The molecule has 0 radical (unpaired) electrons. The van der Waals surface area contributed by atoms with Crippen LogP contribution in [0.5, 0.6) is 0 Å². The van der Waals surface area contributed by atoms with E-state index < -0.39 is 18.1 Å². The first kappa shape index (κ1) is 23.5. The number of hydrogen-bond acceptors (Lipinski definition) is 4. The van der Waals surface area contributed by atoms with E-state index in [1.165, 1.54) is 0 Å². The normalized spacial score (nSPS) is 13.2. The van der Waals surface area contributed by atoms with Crippen LogP contribution < -0.4 is 5.32 Å². The molecular formula is C30H26N4O4. The number of aryl methyl sites for hydroxylation is 1. The third kappa shape index (κ3) is 4.20. The number of rotatable bonds is 7. The molecule has 0 saturated heterocycles. The highest BCUT2D eigenvalue weighted by Gasteiger charge is 2.30. The predicted molar refractivity (Wildman–Crippen MR) is 144 cm³/mol. The minimum atomic E-state index is -1.15. The van der Waals surface area contributed by atoms with Gasteiger partial charge in [-0.05, 0) is 27.8 Å². The second-order valence-corrected chi connectivity index (χ2v) is 9.51. The molecular weight excluding hydrogens is 480 g/mol. The number of aromatic amines is 1. The number of aliphatic carboxylic acids is 1. The molecule has 38 heavy (non-hydrogen) atoms. The Kier molecular flexibility index (Phi) is 5.92. The lowest BCUT2D eigenvalue weighted by Crippen LogP contribution is -2.42. The first-order chi connectivity index (χ1) is 18.5. The van der Waals surface area contributed by atoms with Crippen LogP contribution in [0.3, 0.4) is 0 Å². The summed E-state index contributed by atoms with van der Waals surface area (Å²) >= 11 is 0. The number of nitrogens with zero attached hydrogens (tertiary/aromatic N) is 2. The van der Waals surface area contributed by atoms with E-state index in [9.17, 15) is 14.7 Å². The minimum absolute atomic E-state index is 0.101. The van der Waals surface area contributed by atoms with Crippen molar-refractivity contribution < 1.29 is 19.4 Å². The smallest absolute Gasteiger partial charge is 0.407 e. The molecule has 5 aromatic rings. The van der Waals surface area contributed by atoms with Crippen molar-refractivity contribution in [3.63, 3.8) is 0 Å². The number of H-pyrrole nitrogens is 1. The van der Waals surface area contributed by atoms with Crippen LogP contribution in [0.25, 0.3) is 33.2 Å². The number of carboxylic acids is 1. The molecule has 0 spiro atoms.